The summed E-state index contributed by atoms with van der Waals surface area (Å²) in [6.45, 7) is 0. The van der Waals surface area contributed by atoms with Gasteiger partial charge in [-0.15, -0.1) is 0 Å². The fourth-order valence-electron chi connectivity index (χ4n) is 2.63. The lowest BCUT2D eigenvalue weighted by Crippen LogP contribution is -2.33. The molecule has 0 saturated heterocycles. The highest BCUT2D eigenvalue weighted by atomic mass is 19.2. The number of hydrogen-bond donors (Lipinski definition) is 1. The monoisotopic (exact) mass is 351 g/mol. The SMILES string of the molecule is OC(c1ccccc1)(c1cccnc1)c1c(F)c(F)c(F)c(F)c1F. The molecule has 1 heterocycles. The van der Waals surface area contributed by atoms with Crippen LogP contribution in [0.4, 0.5) is 22.0 Å². The summed E-state index contributed by atoms with van der Waals surface area (Å²) in [7, 11) is 0. The number of rotatable bonds is 3. The van der Waals surface area contributed by atoms with Gasteiger partial charge in [-0.2, -0.15) is 0 Å². The van der Waals surface area contributed by atoms with Crippen LogP contribution in [0.15, 0.2) is 54.9 Å². The summed E-state index contributed by atoms with van der Waals surface area (Å²) < 4.78 is 69.5. The summed E-state index contributed by atoms with van der Waals surface area (Å²) in [5.74, 6) is -10.8. The average Bonchev–Trinajstić information content (AvgIpc) is 2.66. The van der Waals surface area contributed by atoms with Gasteiger partial charge in [0.15, 0.2) is 23.3 Å². The molecule has 0 spiro atoms. The molecule has 0 saturated carbocycles. The van der Waals surface area contributed by atoms with Gasteiger partial charge in [0.2, 0.25) is 5.82 Å². The molecule has 2 nitrogen and oxygen atoms in total. The molecular formula is C18H10F5NO. The molecule has 0 aliphatic heterocycles. The zero-order valence-electron chi connectivity index (χ0n) is 12.5. The Morgan fingerprint density at radius 1 is 0.680 bits per heavy atom. The third-order valence-corrected chi connectivity index (χ3v) is 3.84. The maximum atomic E-state index is 14.4. The van der Waals surface area contributed by atoms with Gasteiger partial charge >= 0.3 is 0 Å². The van der Waals surface area contributed by atoms with Crippen molar-refractivity contribution in [2.24, 2.45) is 0 Å². The van der Waals surface area contributed by atoms with Gasteiger partial charge in [-0.05, 0) is 11.6 Å². The van der Waals surface area contributed by atoms with E-state index in [9.17, 15) is 27.1 Å². The van der Waals surface area contributed by atoms with Gasteiger partial charge < -0.3 is 5.11 Å². The third kappa shape index (κ3) is 2.56. The van der Waals surface area contributed by atoms with E-state index < -0.39 is 40.3 Å². The van der Waals surface area contributed by atoms with E-state index in [1.54, 1.807) is 6.07 Å². The summed E-state index contributed by atoms with van der Waals surface area (Å²) in [4.78, 5) is 3.76. The standard InChI is InChI=1S/C18H10F5NO/c19-13-12(14(20)16(22)17(23)15(13)21)18(25,10-5-2-1-3-6-10)11-7-4-8-24-9-11/h1-9,25H. The molecule has 0 bridgehead atoms. The van der Waals surface area contributed by atoms with Crippen molar-refractivity contribution in [2.45, 2.75) is 5.60 Å². The summed E-state index contributed by atoms with van der Waals surface area (Å²) in [5.41, 5.74) is -4.21. The van der Waals surface area contributed by atoms with Crippen molar-refractivity contribution < 1.29 is 27.1 Å². The zero-order chi connectivity index (χ0) is 18.2. The fraction of sp³-hybridized carbons (Fsp3) is 0.0556. The van der Waals surface area contributed by atoms with E-state index in [0.29, 0.717) is 0 Å². The van der Waals surface area contributed by atoms with Crippen molar-refractivity contribution in [3.63, 3.8) is 0 Å². The van der Waals surface area contributed by atoms with Crippen molar-refractivity contribution in [1.29, 1.82) is 0 Å². The maximum absolute atomic E-state index is 14.4. The smallest absolute Gasteiger partial charge is 0.200 e. The zero-order valence-corrected chi connectivity index (χ0v) is 12.5. The van der Waals surface area contributed by atoms with Gasteiger partial charge in [-0.25, -0.2) is 22.0 Å². The maximum Gasteiger partial charge on any atom is 0.200 e. The van der Waals surface area contributed by atoms with Gasteiger partial charge in [-0.3, -0.25) is 4.98 Å². The number of hydrogen-bond acceptors (Lipinski definition) is 2. The second kappa shape index (κ2) is 6.25. The lowest BCUT2D eigenvalue weighted by molar-refractivity contribution is 0.112. The first kappa shape index (κ1) is 17.0. The normalized spacial score (nSPS) is 13.5. The highest BCUT2D eigenvalue weighted by Crippen LogP contribution is 2.40. The predicted octanol–water partition coefficient (Wildman–Crippen LogP) is 4.06. The van der Waals surface area contributed by atoms with Crippen LogP contribution in [-0.2, 0) is 5.60 Å². The van der Waals surface area contributed by atoms with Gasteiger partial charge in [-0.1, -0.05) is 36.4 Å². The number of benzene rings is 2. The molecule has 3 rings (SSSR count). The molecule has 1 unspecified atom stereocenters. The fourth-order valence-corrected chi connectivity index (χ4v) is 2.63. The number of nitrogens with zero attached hydrogens (tertiary/aromatic N) is 1. The van der Waals surface area contributed by atoms with Crippen LogP contribution in [-0.4, -0.2) is 10.1 Å². The van der Waals surface area contributed by atoms with Gasteiger partial charge in [0, 0.05) is 18.0 Å². The van der Waals surface area contributed by atoms with Crippen molar-refractivity contribution in [1.82, 2.24) is 4.98 Å². The van der Waals surface area contributed by atoms with E-state index >= 15 is 0 Å². The molecule has 128 valence electrons. The van der Waals surface area contributed by atoms with Crippen LogP contribution < -0.4 is 0 Å². The highest BCUT2D eigenvalue weighted by Gasteiger charge is 2.42. The third-order valence-electron chi connectivity index (χ3n) is 3.84. The molecule has 1 atom stereocenters. The van der Waals surface area contributed by atoms with Gasteiger partial charge in [0.05, 0.1) is 5.56 Å². The molecule has 0 aliphatic rings. The Bertz CT molecular complexity index is 847. The predicted molar refractivity (Wildman–Crippen MR) is 79.0 cm³/mol. The first-order valence-electron chi connectivity index (χ1n) is 7.09. The Labute approximate surface area is 139 Å². The summed E-state index contributed by atoms with van der Waals surface area (Å²) in [6.07, 6.45) is 2.43. The van der Waals surface area contributed by atoms with Crippen LogP contribution in [0, 0.1) is 29.1 Å². The Morgan fingerprint density at radius 3 is 1.72 bits per heavy atom. The Morgan fingerprint density at radius 2 is 1.20 bits per heavy atom. The minimum Gasteiger partial charge on any atom is -0.376 e. The molecule has 0 amide bonds. The quantitative estimate of drug-likeness (QED) is 0.439. The highest BCUT2D eigenvalue weighted by molar-refractivity contribution is 5.47. The van der Waals surface area contributed by atoms with Crippen LogP contribution in [0.1, 0.15) is 16.7 Å². The van der Waals surface area contributed by atoms with E-state index in [2.05, 4.69) is 4.98 Å². The molecule has 0 radical (unpaired) electrons. The summed E-state index contributed by atoms with van der Waals surface area (Å²) >= 11 is 0. The van der Waals surface area contributed by atoms with Crippen LogP contribution >= 0.6 is 0 Å². The van der Waals surface area contributed by atoms with Gasteiger partial charge in [0.1, 0.15) is 5.60 Å². The molecule has 0 fully saturated rings. The van der Waals surface area contributed by atoms with E-state index in [1.165, 1.54) is 42.6 Å². The van der Waals surface area contributed by atoms with E-state index in [1.807, 2.05) is 0 Å². The van der Waals surface area contributed by atoms with Crippen molar-refractivity contribution >= 4 is 0 Å². The van der Waals surface area contributed by atoms with Crippen LogP contribution in [0.2, 0.25) is 0 Å². The Hall–Kier alpha value is -2.80. The van der Waals surface area contributed by atoms with Crippen molar-refractivity contribution in [3.05, 3.63) is 101 Å². The lowest BCUT2D eigenvalue weighted by Gasteiger charge is -2.30. The Kier molecular flexibility index (Phi) is 4.26. The van der Waals surface area contributed by atoms with Crippen molar-refractivity contribution in [2.75, 3.05) is 0 Å². The molecule has 25 heavy (non-hydrogen) atoms. The molecule has 3 aromatic rings. The molecule has 1 aromatic heterocycles. The minimum atomic E-state index is -2.63. The second-order valence-electron chi connectivity index (χ2n) is 5.26. The number of aromatic nitrogens is 1. The second-order valence-corrected chi connectivity index (χ2v) is 5.26. The molecule has 7 heteroatoms. The Balaban J connectivity index is 2.44. The van der Waals surface area contributed by atoms with Gasteiger partial charge in [0.25, 0.3) is 0 Å². The lowest BCUT2D eigenvalue weighted by atomic mass is 9.80. The summed E-state index contributed by atoms with van der Waals surface area (Å²) in [5, 5.41) is 11.2. The van der Waals surface area contributed by atoms with Crippen LogP contribution in [0.5, 0.6) is 0 Å². The average molecular weight is 351 g/mol. The van der Waals surface area contributed by atoms with Crippen LogP contribution in [0.25, 0.3) is 0 Å². The molecule has 2 aromatic carbocycles. The van der Waals surface area contributed by atoms with Crippen molar-refractivity contribution in [3.8, 4) is 0 Å². The van der Waals surface area contributed by atoms with Crippen LogP contribution in [0.3, 0.4) is 0 Å². The topological polar surface area (TPSA) is 33.1 Å². The van der Waals surface area contributed by atoms with E-state index in [0.717, 1.165) is 6.20 Å². The molecule has 1 N–H and O–H groups in total. The number of aliphatic hydroxyl groups is 1. The first-order chi connectivity index (χ1) is 11.9. The number of pyridine rings is 1. The van der Waals surface area contributed by atoms with E-state index in [4.69, 9.17) is 0 Å². The largest absolute Gasteiger partial charge is 0.376 e. The number of halogens is 5. The molecular weight excluding hydrogens is 341 g/mol. The summed E-state index contributed by atoms with van der Waals surface area (Å²) in [6, 6.07) is 9.76. The van der Waals surface area contributed by atoms with E-state index in [-0.39, 0.29) is 11.1 Å². The first-order valence-corrected chi connectivity index (χ1v) is 7.09. The minimum absolute atomic E-state index is 0.0776. The molecule has 0 aliphatic carbocycles.